The van der Waals surface area contributed by atoms with Crippen LogP contribution in [-0.2, 0) is 16.1 Å². The van der Waals surface area contributed by atoms with Gasteiger partial charge in [-0.25, -0.2) is 4.39 Å². The van der Waals surface area contributed by atoms with Crippen LogP contribution in [0.1, 0.15) is 6.92 Å². The summed E-state index contributed by atoms with van der Waals surface area (Å²) in [5, 5.41) is 5.60. The van der Waals surface area contributed by atoms with E-state index < -0.39 is 5.82 Å². The van der Waals surface area contributed by atoms with Crippen molar-refractivity contribution in [2.45, 2.75) is 13.5 Å². The van der Waals surface area contributed by atoms with Gasteiger partial charge >= 0.3 is 0 Å². The van der Waals surface area contributed by atoms with E-state index in [1.807, 2.05) is 0 Å². The number of hydrogen-bond acceptors (Lipinski definition) is 3. The van der Waals surface area contributed by atoms with Crippen LogP contribution in [0.15, 0.2) is 59.5 Å². The van der Waals surface area contributed by atoms with Crippen molar-refractivity contribution >= 4 is 34.1 Å². The van der Waals surface area contributed by atoms with E-state index in [1.165, 1.54) is 31.3 Å². The number of fused-ring (bicyclic) bond motifs is 1. The Morgan fingerprint density at radius 3 is 2.31 bits per heavy atom. The van der Waals surface area contributed by atoms with Gasteiger partial charge in [-0.15, -0.1) is 0 Å². The molecule has 0 aliphatic carbocycles. The van der Waals surface area contributed by atoms with E-state index in [0.29, 0.717) is 16.9 Å². The lowest BCUT2D eigenvalue weighted by molar-refractivity contribution is -0.116. The van der Waals surface area contributed by atoms with Crippen LogP contribution in [0, 0.1) is 5.82 Å². The molecule has 0 bridgehead atoms. The summed E-state index contributed by atoms with van der Waals surface area (Å²) in [5.41, 5.74) is 1.38. The molecule has 2 N–H and O–H groups in total. The molecule has 26 heavy (non-hydrogen) atoms. The number of aromatic nitrogens is 1. The molecule has 0 fully saturated rings. The predicted molar refractivity (Wildman–Crippen MR) is 97.5 cm³/mol. The molecule has 2 amide bonds. The number of hydrogen-bond donors (Lipinski definition) is 2. The Bertz CT molecular complexity index is 1040. The molecule has 0 aliphatic rings. The highest BCUT2D eigenvalue weighted by atomic mass is 19.1. The first-order valence-corrected chi connectivity index (χ1v) is 7.88. The Labute approximate surface area is 148 Å². The minimum absolute atomic E-state index is 0.0319. The third-order valence-corrected chi connectivity index (χ3v) is 3.74. The minimum atomic E-state index is -0.504. The second kappa shape index (κ2) is 7.18. The number of halogens is 1. The lowest BCUT2D eigenvalue weighted by atomic mass is 10.2. The van der Waals surface area contributed by atoms with Crippen molar-refractivity contribution in [3.05, 3.63) is 70.8 Å². The van der Waals surface area contributed by atoms with Crippen LogP contribution < -0.4 is 16.1 Å². The maximum absolute atomic E-state index is 13.4. The van der Waals surface area contributed by atoms with Crippen LogP contribution in [0.3, 0.4) is 0 Å². The fourth-order valence-corrected chi connectivity index (χ4v) is 2.62. The lowest BCUT2D eigenvalue weighted by Crippen LogP contribution is -2.20. The first kappa shape index (κ1) is 17.3. The lowest BCUT2D eigenvalue weighted by Gasteiger charge is -2.11. The summed E-state index contributed by atoms with van der Waals surface area (Å²) < 4.78 is 14.9. The Morgan fingerprint density at radius 2 is 1.65 bits per heavy atom. The van der Waals surface area contributed by atoms with Gasteiger partial charge in [0.2, 0.25) is 11.8 Å². The molecule has 0 aliphatic heterocycles. The van der Waals surface area contributed by atoms with Crippen molar-refractivity contribution < 1.29 is 14.0 Å². The van der Waals surface area contributed by atoms with Gasteiger partial charge in [0.25, 0.3) is 0 Å². The molecule has 0 saturated carbocycles. The fourth-order valence-electron chi connectivity index (χ4n) is 2.62. The van der Waals surface area contributed by atoms with E-state index in [0.717, 1.165) is 6.07 Å². The molecule has 1 aromatic heterocycles. The van der Waals surface area contributed by atoms with Crippen LogP contribution in [-0.4, -0.2) is 16.4 Å². The second-order valence-electron chi connectivity index (χ2n) is 5.78. The number of benzene rings is 2. The van der Waals surface area contributed by atoms with Gasteiger partial charge in [0.15, 0.2) is 5.43 Å². The van der Waals surface area contributed by atoms with Crippen LogP contribution in [0.25, 0.3) is 10.9 Å². The highest BCUT2D eigenvalue weighted by Crippen LogP contribution is 2.15. The molecule has 0 unspecified atom stereocenters. The molecule has 132 valence electrons. The monoisotopic (exact) mass is 353 g/mol. The van der Waals surface area contributed by atoms with Crippen LogP contribution in [0.4, 0.5) is 15.8 Å². The summed E-state index contributed by atoms with van der Waals surface area (Å²) in [5.74, 6) is -0.981. The molecule has 1 heterocycles. The van der Waals surface area contributed by atoms with Gasteiger partial charge < -0.3 is 15.2 Å². The predicted octanol–water partition coefficient (Wildman–Crippen LogP) is 2.74. The molecule has 3 aromatic rings. The molecule has 2 aromatic carbocycles. The van der Waals surface area contributed by atoms with Gasteiger partial charge in [-0.1, -0.05) is 0 Å². The molecular formula is C19H16FN3O3. The number of carbonyl (C=O) groups excluding carboxylic acids is 2. The average molecular weight is 353 g/mol. The smallest absolute Gasteiger partial charge is 0.244 e. The largest absolute Gasteiger partial charge is 0.338 e. The fraction of sp³-hybridized carbons (Fsp3) is 0.105. The number of amides is 2. The van der Waals surface area contributed by atoms with Crippen molar-refractivity contribution in [2.75, 3.05) is 10.6 Å². The maximum Gasteiger partial charge on any atom is 0.244 e. The molecule has 6 nitrogen and oxygen atoms in total. The van der Waals surface area contributed by atoms with E-state index in [2.05, 4.69) is 10.6 Å². The normalized spacial score (nSPS) is 10.5. The van der Waals surface area contributed by atoms with Gasteiger partial charge in [-0.3, -0.25) is 14.4 Å². The van der Waals surface area contributed by atoms with Crippen LogP contribution in [0.2, 0.25) is 0 Å². The average Bonchev–Trinajstić information content (AvgIpc) is 2.59. The Kier molecular flexibility index (Phi) is 4.79. The van der Waals surface area contributed by atoms with Crippen molar-refractivity contribution in [3.8, 4) is 0 Å². The van der Waals surface area contributed by atoms with Gasteiger partial charge in [-0.2, -0.15) is 0 Å². The number of carbonyl (C=O) groups is 2. The summed E-state index contributed by atoms with van der Waals surface area (Å²) in [6.45, 7) is 1.38. The second-order valence-corrected chi connectivity index (χ2v) is 5.78. The van der Waals surface area contributed by atoms with Crippen LogP contribution in [0.5, 0.6) is 0 Å². The third kappa shape index (κ3) is 3.94. The minimum Gasteiger partial charge on any atom is -0.338 e. The number of anilines is 2. The highest BCUT2D eigenvalue weighted by molar-refractivity contribution is 5.93. The van der Waals surface area contributed by atoms with E-state index in [1.54, 1.807) is 28.8 Å². The zero-order chi connectivity index (χ0) is 18.7. The molecule has 0 atom stereocenters. The van der Waals surface area contributed by atoms with Gasteiger partial charge in [0.1, 0.15) is 12.4 Å². The van der Waals surface area contributed by atoms with Crippen molar-refractivity contribution in [1.82, 2.24) is 4.57 Å². The molecule has 0 radical (unpaired) electrons. The quantitative estimate of drug-likeness (QED) is 0.757. The summed E-state index contributed by atoms with van der Waals surface area (Å²) in [6, 6.07) is 11.9. The number of nitrogens with one attached hydrogen (secondary N) is 2. The van der Waals surface area contributed by atoms with Crippen LogP contribution >= 0.6 is 0 Å². The van der Waals surface area contributed by atoms with E-state index in [9.17, 15) is 18.8 Å². The molecule has 7 heteroatoms. The number of rotatable bonds is 4. The van der Waals surface area contributed by atoms with Crippen molar-refractivity contribution in [3.63, 3.8) is 0 Å². The highest BCUT2D eigenvalue weighted by Gasteiger charge is 2.08. The van der Waals surface area contributed by atoms with E-state index in [4.69, 9.17) is 0 Å². The Morgan fingerprint density at radius 1 is 1.00 bits per heavy atom. The first-order valence-electron chi connectivity index (χ1n) is 7.88. The van der Waals surface area contributed by atoms with Gasteiger partial charge in [0.05, 0.1) is 5.52 Å². The third-order valence-electron chi connectivity index (χ3n) is 3.74. The summed E-state index contributed by atoms with van der Waals surface area (Å²) in [4.78, 5) is 35.1. The molecule has 3 rings (SSSR count). The first-order chi connectivity index (χ1) is 12.4. The van der Waals surface area contributed by atoms with Gasteiger partial charge in [-0.05, 0) is 42.5 Å². The van der Waals surface area contributed by atoms with Crippen molar-refractivity contribution in [1.29, 1.82) is 0 Å². The number of nitrogens with zero attached hydrogens (tertiary/aromatic N) is 1. The SMILES string of the molecule is CC(=O)Nc1ccc(NC(=O)Cn2ccc(=O)c3cc(F)ccc32)cc1. The Balaban J connectivity index is 1.76. The van der Waals surface area contributed by atoms with Crippen molar-refractivity contribution in [2.24, 2.45) is 0 Å². The molecule has 0 spiro atoms. The molecule has 0 saturated heterocycles. The summed E-state index contributed by atoms with van der Waals surface area (Å²) in [7, 11) is 0. The van der Waals surface area contributed by atoms with E-state index in [-0.39, 0.29) is 29.2 Å². The number of pyridine rings is 1. The maximum atomic E-state index is 13.4. The zero-order valence-electron chi connectivity index (χ0n) is 14.0. The van der Waals surface area contributed by atoms with Gasteiger partial charge in [0, 0.05) is 35.9 Å². The molecular weight excluding hydrogens is 337 g/mol. The standard InChI is InChI=1S/C19H16FN3O3/c1-12(24)21-14-3-5-15(6-4-14)22-19(26)11-23-9-8-18(25)16-10-13(20)2-7-17(16)23/h2-10H,11H2,1H3,(H,21,24)(H,22,26). The topological polar surface area (TPSA) is 80.2 Å². The van der Waals surface area contributed by atoms with E-state index >= 15 is 0 Å². The Hall–Kier alpha value is -3.48. The summed E-state index contributed by atoms with van der Waals surface area (Å²) >= 11 is 0. The summed E-state index contributed by atoms with van der Waals surface area (Å²) in [6.07, 6.45) is 1.50. The zero-order valence-corrected chi connectivity index (χ0v) is 14.0.